The monoisotopic (exact) mass is 531 g/mol. The molecule has 9 nitrogen and oxygen atoms in total. The maximum Gasteiger partial charge on any atom is 0.264 e. The lowest BCUT2D eigenvalue weighted by Crippen LogP contribution is -2.48. The second-order valence-corrected chi connectivity index (χ2v) is 10.6. The average Bonchev–Trinajstić information content (AvgIpc) is 2.96. The Bertz CT molecular complexity index is 1580. The number of hydrogen-bond donors (Lipinski definition) is 2. The molecular formula is C28H29N5O4S. The van der Waals surface area contributed by atoms with Crippen molar-refractivity contribution in [1.29, 1.82) is 0 Å². The van der Waals surface area contributed by atoms with Gasteiger partial charge in [-0.15, -0.1) is 0 Å². The van der Waals surface area contributed by atoms with Crippen LogP contribution >= 0.6 is 0 Å². The fourth-order valence-electron chi connectivity index (χ4n) is 4.65. The van der Waals surface area contributed by atoms with Crippen molar-refractivity contribution in [3.8, 4) is 5.75 Å². The van der Waals surface area contributed by atoms with Crippen molar-refractivity contribution in [1.82, 2.24) is 9.88 Å². The topological polar surface area (TPSA) is 118 Å². The Morgan fingerprint density at radius 2 is 1.76 bits per heavy atom. The lowest BCUT2D eigenvalue weighted by atomic mass is 10.1. The van der Waals surface area contributed by atoms with E-state index in [2.05, 4.69) is 14.6 Å². The number of amides is 1. The van der Waals surface area contributed by atoms with E-state index in [9.17, 15) is 13.2 Å². The molecule has 1 aliphatic heterocycles. The number of rotatable bonds is 7. The van der Waals surface area contributed by atoms with Crippen molar-refractivity contribution in [2.75, 3.05) is 42.9 Å². The van der Waals surface area contributed by atoms with Crippen molar-refractivity contribution in [2.24, 2.45) is 5.73 Å². The third-order valence-electron chi connectivity index (χ3n) is 6.69. The van der Waals surface area contributed by atoms with Crippen LogP contribution in [0.25, 0.3) is 10.9 Å². The highest BCUT2D eigenvalue weighted by molar-refractivity contribution is 7.93. The molecule has 1 aliphatic rings. The molecule has 0 spiro atoms. The molecule has 4 aromatic rings. The number of ether oxygens (including phenoxy) is 1. The number of fused-ring (bicyclic) bond motifs is 1. The van der Waals surface area contributed by atoms with E-state index in [1.54, 1.807) is 48.5 Å². The van der Waals surface area contributed by atoms with Crippen molar-refractivity contribution in [3.05, 3.63) is 90.1 Å². The number of carbonyl (C=O) groups is 1. The predicted octanol–water partition coefficient (Wildman–Crippen LogP) is 3.47. The highest BCUT2D eigenvalue weighted by Gasteiger charge is 2.24. The molecule has 0 bridgehead atoms. The van der Waals surface area contributed by atoms with Crippen molar-refractivity contribution < 1.29 is 17.9 Å². The summed E-state index contributed by atoms with van der Waals surface area (Å²) in [7, 11) is -2.30. The first-order chi connectivity index (χ1) is 18.4. The fourth-order valence-corrected chi connectivity index (χ4v) is 5.93. The van der Waals surface area contributed by atoms with Crippen LogP contribution < -0.4 is 20.1 Å². The summed E-state index contributed by atoms with van der Waals surface area (Å²) >= 11 is 0. The lowest BCUT2D eigenvalue weighted by molar-refractivity contribution is 0.0746. The van der Waals surface area contributed by atoms with E-state index in [-0.39, 0.29) is 17.3 Å². The number of anilines is 2. The number of carbonyl (C=O) groups excluding carboxylic acids is 1. The zero-order valence-electron chi connectivity index (χ0n) is 21.0. The molecule has 0 unspecified atom stereocenters. The summed E-state index contributed by atoms with van der Waals surface area (Å²) in [6.07, 6.45) is 1.56. The van der Waals surface area contributed by atoms with Gasteiger partial charge in [0.05, 0.1) is 18.3 Å². The normalized spacial score (nSPS) is 13.9. The molecule has 0 aliphatic carbocycles. The number of pyridine rings is 1. The van der Waals surface area contributed by atoms with Gasteiger partial charge >= 0.3 is 0 Å². The lowest BCUT2D eigenvalue weighted by Gasteiger charge is -2.36. The summed E-state index contributed by atoms with van der Waals surface area (Å²) < 4.78 is 34.5. The summed E-state index contributed by atoms with van der Waals surface area (Å²) in [6, 6.07) is 21.3. The SMILES string of the molecule is COc1cccc(N2CCN(C(=O)c3ccc(NS(=O)(=O)c4cccc5cccnc45)c(CN)c3)CC2)c1. The number of hydrogen-bond acceptors (Lipinski definition) is 7. The zero-order chi connectivity index (χ0) is 26.7. The minimum absolute atomic E-state index is 0.0659. The number of sulfonamides is 1. The molecule has 2 heterocycles. The van der Waals surface area contributed by atoms with Gasteiger partial charge in [0.15, 0.2) is 0 Å². The molecule has 196 valence electrons. The van der Waals surface area contributed by atoms with Gasteiger partial charge in [0.2, 0.25) is 0 Å². The van der Waals surface area contributed by atoms with Gasteiger partial charge < -0.3 is 20.3 Å². The quantitative estimate of drug-likeness (QED) is 0.375. The molecule has 10 heteroatoms. The molecule has 1 aromatic heterocycles. The van der Waals surface area contributed by atoms with Gasteiger partial charge in [0.1, 0.15) is 10.6 Å². The third-order valence-corrected chi connectivity index (χ3v) is 8.08. The minimum atomic E-state index is -3.94. The van der Waals surface area contributed by atoms with Gasteiger partial charge in [-0.25, -0.2) is 8.42 Å². The largest absolute Gasteiger partial charge is 0.497 e. The summed E-state index contributed by atoms with van der Waals surface area (Å²) in [6.45, 7) is 2.59. The Morgan fingerprint density at radius 1 is 1.00 bits per heavy atom. The van der Waals surface area contributed by atoms with Crippen LogP contribution in [0.1, 0.15) is 15.9 Å². The van der Waals surface area contributed by atoms with Crippen molar-refractivity contribution in [2.45, 2.75) is 11.4 Å². The Hall–Kier alpha value is -4.15. The van der Waals surface area contributed by atoms with Crippen LogP contribution in [0.4, 0.5) is 11.4 Å². The molecule has 3 N–H and O–H groups in total. The molecule has 38 heavy (non-hydrogen) atoms. The van der Waals surface area contributed by atoms with Gasteiger partial charge in [-0.05, 0) is 48.0 Å². The highest BCUT2D eigenvalue weighted by atomic mass is 32.2. The summed E-state index contributed by atoms with van der Waals surface area (Å²) in [5, 5.41) is 0.724. The van der Waals surface area contributed by atoms with Gasteiger partial charge in [-0.3, -0.25) is 14.5 Å². The summed E-state index contributed by atoms with van der Waals surface area (Å²) in [5.41, 5.74) is 8.74. The first kappa shape index (κ1) is 25.5. The Labute approximate surface area is 221 Å². The van der Waals surface area contributed by atoms with E-state index in [0.717, 1.165) is 16.8 Å². The molecule has 1 amide bonds. The van der Waals surface area contributed by atoms with Crippen LogP contribution in [0, 0.1) is 0 Å². The highest BCUT2D eigenvalue weighted by Crippen LogP contribution is 2.27. The molecule has 1 saturated heterocycles. The predicted molar refractivity (Wildman–Crippen MR) is 148 cm³/mol. The van der Waals surface area contributed by atoms with Crippen LogP contribution in [0.5, 0.6) is 5.75 Å². The smallest absolute Gasteiger partial charge is 0.264 e. The first-order valence-corrected chi connectivity index (χ1v) is 13.8. The molecule has 5 rings (SSSR count). The standard InChI is InChI=1S/C28H29N5O4S/c1-37-24-8-3-7-23(18-24)32-13-15-33(16-14-32)28(34)21-10-11-25(22(17-21)19-29)31-38(35,36)26-9-2-5-20-6-4-12-30-27(20)26/h2-12,17-18,31H,13-16,19,29H2,1H3. The molecule has 0 saturated carbocycles. The van der Waals surface area contributed by atoms with Gasteiger partial charge in [-0.1, -0.05) is 24.3 Å². The van der Waals surface area contributed by atoms with E-state index in [4.69, 9.17) is 10.5 Å². The van der Waals surface area contributed by atoms with Crippen LogP contribution in [0.15, 0.2) is 83.9 Å². The van der Waals surface area contributed by atoms with E-state index in [1.165, 1.54) is 6.07 Å². The maximum absolute atomic E-state index is 13.3. The van der Waals surface area contributed by atoms with E-state index in [1.807, 2.05) is 36.4 Å². The van der Waals surface area contributed by atoms with E-state index >= 15 is 0 Å². The van der Waals surface area contributed by atoms with Crippen LogP contribution in [0.3, 0.4) is 0 Å². The number of nitrogens with two attached hydrogens (primary N) is 1. The number of nitrogens with zero attached hydrogens (tertiary/aromatic N) is 3. The number of piperazine rings is 1. The summed E-state index contributed by atoms with van der Waals surface area (Å²) in [5.74, 6) is 0.681. The molecular weight excluding hydrogens is 502 g/mol. The second-order valence-electron chi connectivity index (χ2n) is 8.99. The number of nitrogens with one attached hydrogen (secondary N) is 1. The van der Waals surface area contributed by atoms with Crippen molar-refractivity contribution in [3.63, 3.8) is 0 Å². The van der Waals surface area contributed by atoms with Crippen LogP contribution in [-0.4, -0.2) is 57.5 Å². The van der Waals surface area contributed by atoms with Gasteiger partial charge in [0, 0.05) is 61.6 Å². The number of aromatic nitrogens is 1. The van der Waals surface area contributed by atoms with Gasteiger partial charge in [-0.2, -0.15) is 0 Å². The Morgan fingerprint density at radius 3 is 2.53 bits per heavy atom. The molecule has 1 fully saturated rings. The number of para-hydroxylation sites is 1. The van der Waals surface area contributed by atoms with Crippen LogP contribution in [0.2, 0.25) is 0 Å². The molecule has 0 radical (unpaired) electrons. The average molecular weight is 532 g/mol. The first-order valence-electron chi connectivity index (χ1n) is 12.3. The number of methoxy groups -OCH3 is 1. The van der Waals surface area contributed by atoms with Crippen molar-refractivity contribution >= 4 is 38.2 Å². The maximum atomic E-state index is 13.3. The molecule has 3 aromatic carbocycles. The zero-order valence-corrected chi connectivity index (χ0v) is 21.8. The van der Waals surface area contributed by atoms with Crippen LogP contribution in [-0.2, 0) is 16.6 Å². The van der Waals surface area contributed by atoms with E-state index < -0.39 is 10.0 Å². The number of benzene rings is 3. The minimum Gasteiger partial charge on any atom is -0.497 e. The Balaban J connectivity index is 1.31. The second kappa shape index (κ2) is 10.7. The van der Waals surface area contributed by atoms with Gasteiger partial charge in [0.25, 0.3) is 15.9 Å². The summed E-state index contributed by atoms with van der Waals surface area (Å²) in [4.78, 5) is 21.6. The molecule has 0 atom stereocenters. The third kappa shape index (κ3) is 5.13. The fraction of sp³-hybridized carbons (Fsp3) is 0.214. The Kier molecular flexibility index (Phi) is 7.17. The van der Waals surface area contributed by atoms with E-state index in [0.29, 0.717) is 48.5 Å².